The number of carbonyl (C=O) groups is 1. The molecular formula is C17H15BrO3. The molecule has 0 atom stereocenters. The standard InChI is InChI=1S/C17H15BrO3/c1-20-15-8-7-12(10-14(15)18)16(19)13-6-2-4-11-5-3-9-21-17(11)13/h2,4,6-8,10H,3,5,9H2,1H3. The van der Waals surface area contributed by atoms with Crippen LogP contribution in [0.4, 0.5) is 0 Å². The smallest absolute Gasteiger partial charge is 0.196 e. The van der Waals surface area contributed by atoms with E-state index < -0.39 is 0 Å². The molecule has 1 heterocycles. The number of hydrogen-bond donors (Lipinski definition) is 0. The third-order valence-corrected chi connectivity index (χ3v) is 4.21. The predicted molar refractivity (Wildman–Crippen MR) is 84.4 cm³/mol. The highest BCUT2D eigenvalue weighted by Gasteiger charge is 2.20. The highest BCUT2D eigenvalue weighted by Crippen LogP contribution is 2.32. The van der Waals surface area contributed by atoms with Crippen LogP contribution in [0.15, 0.2) is 40.9 Å². The number of rotatable bonds is 3. The normalized spacial score (nSPS) is 13.2. The van der Waals surface area contributed by atoms with Crippen LogP contribution in [0.5, 0.6) is 11.5 Å². The van der Waals surface area contributed by atoms with E-state index in [1.807, 2.05) is 18.2 Å². The van der Waals surface area contributed by atoms with Gasteiger partial charge in [0, 0.05) is 5.56 Å². The number of benzene rings is 2. The molecule has 108 valence electrons. The number of carbonyl (C=O) groups excluding carboxylic acids is 1. The van der Waals surface area contributed by atoms with Gasteiger partial charge in [-0.2, -0.15) is 0 Å². The van der Waals surface area contributed by atoms with Crippen LogP contribution < -0.4 is 9.47 Å². The second-order valence-electron chi connectivity index (χ2n) is 4.92. The Morgan fingerprint density at radius 3 is 2.90 bits per heavy atom. The van der Waals surface area contributed by atoms with E-state index in [9.17, 15) is 4.79 Å². The van der Waals surface area contributed by atoms with Gasteiger partial charge in [0.2, 0.25) is 0 Å². The average molecular weight is 347 g/mol. The Balaban J connectivity index is 2.01. The molecule has 0 fully saturated rings. The fourth-order valence-electron chi connectivity index (χ4n) is 2.53. The molecule has 0 spiro atoms. The maximum atomic E-state index is 12.7. The fourth-order valence-corrected chi connectivity index (χ4v) is 3.07. The minimum absolute atomic E-state index is 0.0305. The van der Waals surface area contributed by atoms with E-state index in [1.165, 1.54) is 0 Å². The van der Waals surface area contributed by atoms with Gasteiger partial charge in [-0.3, -0.25) is 4.79 Å². The molecule has 0 radical (unpaired) electrons. The van der Waals surface area contributed by atoms with Crippen molar-refractivity contribution >= 4 is 21.7 Å². The zero-order valence-electron chi connectivity index (χ0n) is 11.7. The van der Waals surface area contributed by atoms with E-state index in [4.69, 9.17) is 9.47 Å². The summed E-state index contributed by atoms with van der Waals surface area (Å²) in [6.45, 7) is 0.670. The summed E-state index contributed by atoms with van der Waals surface area (Å²) in [6.07, 6.45) is 1.96. The van der Waals surface area contributed by atoms with Gasteiger partial charge in [0.25, 0.3) is 0 Å². The second kappa shape index (κ2) is 5.90. The first-order valence-corrected chi connectivity index (χ1v) is 7.63. The Kier molecular flexibility index (Phi) is 3.97. The highest BCUT2D eigenvalue weighted by molar-refractivity contribution is 9.10. The molecule has 3 nitrogen and oxygen atoms in total. The van der Waals surface area contributed by atoms with Crippen LogP contribution in [-0.2, 0) is 6.42 Å². The van der Waals surface area contributed by atoms with Crippen LogP contribution in [0, 0.1) is 0 Å². The topological polar surface area (TPSA) is 35.5 Å². The molecule has 4 heteroatoms. The number of ketones is 1. The van der Waals surface area contributed by atoms with E-state index in [0.29, 0.717) is 23.5 Å². The van der Waals surface area contributed by atoms with Crippen molar-refractivity contribution in [3.05, 3.63) is 57.6 Å². The van der Waals surface area contributed by atoms with Gasteiger partial charge in [0.1, 0.15) is 11.5 Å². The van der Waals surface area contributed by atoms with E-state index >= 15 is 0 Å². The second-order valence-corrected chi connectivity index (χ2v) is 5.78. The summed E-state index contributed by atoms with van der Waals surface area (Å²) >= 11 is 3.41. The van der Waals surface area contributed by atoms with Crippen LogP contribution in [-0.4, -0.2) is 19.5 Å². The molecule has 0 amide bonds. The molecule has 0 saturated heterocycles. The lowest BCUT2D eigenvalue weighted by Gasteiger charge is -2.19. The molecule has 3 rings (SSSR count). The maximum Gasteiger partial charge on any atom is 0.196 e. The first-order chi connectivity index (χ1) is 10.2. The number of methoxy groups -OCH3 is 1. The summed E-state index contributed by atoms with van der Waals surface area (Å²) in [5.74, 6) is 1.41. The van der Waals surface area contributed by atoms with Crippen molar-refractivity contribution in [2.45, 2.75) is 12.8 Å². The minimum atomic E-state index is -0.0305. The maximum absolute atomic E-state index is 12.7. The number of fused-ring (bicyclic) bond motifs is 1. The quantitative estimate of drug-likeness (QED) is 0.787. The number of ether oxygens (including phenoxy) is 2. The SMILES string of the molecule is COc1ccc(C(=O)c2cccc3c2OCCC3)cc1Br. The summed E-state index contributed by atoms with van der Waals surface area (Å²) in [5.41, 5.74) is 2.36. The van der Waals surface area contributed by atoms with Crippen molar-refractivity contribution in [2.75, 3.05) is 13.7 Å². The molecule has 0 unspecified atom stereocenters. The van der Waals surface area contributed by atoms with Gasteiger partial charge < -0.3 is 9.47 Å². The molecule has 2 aromatic rings. The number of halogens is 1. The molecular weight excluding hydrogens is 332 g/mol. The van der Waals surface area contributed by atoms with Gasteiger partial charge in [0.05, 0.1) is 23.8 Å². The summed E-state index contributed by atoms with van der Waals surface area (Å²) in [4.78, 5) is 12.7. The molecule has 1 aliphatic heterocycles. The first kappa shape index (κ1) is 14.1. The van der Waals surface area contributed by atoms with Crippen molar-refractivity contribution in [1.29, 1.82) is 0 Å². The lowest BCUT2D eigenvalue weighted by Crippen LogP contribution is -2.13. The van der Waals surface area contributed by atoms with Crippen molar-refractivity contribution in [3.63, 3.8) is 0 Å². The Labute approximate surface area is 132 Å². The number of aryl methyl sites for hydroxylation is 1. The van der Waals surface area contributed by atoms with Crippen molar-refractivity contribution in [1.82, 2.24) is 0 Å². The Morgan fingerprint density at radius 1 is 1.29 bits per heavy atom. The molecule has 21 heavy (non-hydrogen) atoms. The molecule has 2 aromatic carbocycles. The first-order valence-electron chi connectivity index (χ1n) is 6.83. The molecule has 1 aliphatic rings. The van der Waals surface area contributed by atoms with Crippen molar-refractivity contribution in [2.24, 2.45) is 0 Å². The largest absolute Gasteiger partial charge is 0.496 e. The number of para-hydroxylation sites is 1. The monoisotopic (exact) mass is 346 g/mol. The van der Waals surface area contributed by atoms with Crippen LogP contribution in [0.25, 0.3) is 0 Å². The predicted octanol–water partition coefficient (Wildman–Crippen LogP) is 4.01. The number of hydrogen-bond acceptors (Lipinski definition) is 3. The molecule has 0 bridgehead atoms. The summed E-state index contributed by atoms with van der Waals surface area (Å²) in [5, 5.41) is 0. The van der Waals surface area contributed by atoms with Crippen molar-refractivity contribution in [3.8, 4) is 11.5 Å². The molecule has 0 saturated carbocycles. The summed E-state index contributed by atoms with van der Waals surface area (Å²) in [7, 11) is 1.60. The van der Waals surface area contributed by atoms with Crippen LogP contribution >= 0.6 is 15.9 Å². The van der Waals surface area contributed by atoms with Gasteiger partial charge in [-0.15, -0.1) is 0 Å². The summed E-state index contributed by atoms with van der Waals surface area (Å²) in [6, 6.07) is 11.1. The Hall–Kier alpha value is -1.81. The van der Waals surface area contributed by atoms with Crippen LogP contribution in [0.3, 0.4) is 0 Å². The molecule has 0 N–H and O–H groups in total. The van der Waals surface area contributed by atoms with E-state index in [-0.39, 0.29) is 5.78 Å². The molecule has 0 aliphatic carbocycles. The third kappa shape index (κ3) is 2.68. The fraction of sp³-hybridized carbons (Fsp3) is 0.235. The Bertz CT molecular complexity index is 694. The van der Waals surface area contributed by atoms with Crippen molar-refractivity contribution < 1.29 is 14.3 Å². The zero-order chi connectivity index (χ0) is 14.8. The lowest BCUT2D eigenvalue weighted by atomic mass is 9.97. The van der Waals surface area contributed by atoms with E-state index in [0.717, 1.165) is 28.6 Å². The zero-order valence-corrected chi connectivity index (χ0v) is 13.3. The molecule has 0 aromatic heterocycles. The van der Waals surface area contributed by atoms with Crippen LogP contribution in [0.1, 0.15) is 27.9 Å². The van der Waals surface area contributed by atoms with Gasteiger partial charge in [-0.25, -0.2) is 0 Å². The van der Waals surface area contributed by atoms with Gasteiger partial charge in [0.15, 0.2) is 5.78 Å². The lowest BCUT2D eigenvalue weighted by molar-refractivity contribution is 0.103. The average Bonchev–Trinajstić information content (AvgIpc) is 2.53. The van der Waals surface area contributed by atoms with Gasteiger partial charge in [-0.05, 0) is 58.6 Å². The third-order valence-electron chi connectivity index (χ3n) is 3.59. The highest BCUT2D eigenvalue weighted by atomic mass is 79.9. The summed E-state index contributed by atoms with van der Waals surface area (Å²) < 4.78 is 11.7. The van der Waals surface area contributed by atoms with Gasteiger partial charge in [-0.1, -0.05) is 12.1 Å². The van der Waals surface area contributed by atoms with Gasteiger partial charge >= 0.3 is 0 Å². The van der Waals surface area contributed by atoms with Crippen LogP contribution in [0.2, 0.25) is 0 Å². The minimum Gasteiger partial charge on any atom is -0.496 e. The van der Waals surface area contributed by atoms with E-state index in [2.05, 4.69) is 15.9 Å². The van der Waals surface area contributed by atoms with E-state index in [1.54, 1.807) is 25.3 Å². The Morgan fingerprint density at radius 2 is 2.14 bits per heavy atom.